The van der Waals surface area contributed by atoms with Gasteiger partial charge in [-0.1, -0.05) is 15.9 Å². The number of nitrogens with zero attached hydrogens (tertiary/aromatic N) is 2. The Morgan fingerprint density at radius 1 is 0.792 bits per heavy atom. The molecule has 10 heteroatoms. The van der Waals surface area contributed by atoms with Crippen molar-refractivity contribution < 1.29 is 31.4 Å². The molecule has 1 N–H and O–H groups in total. The van der Waals surface area contributed by atoms with Crippen LogP contribution in [0.3, 0.4) is 0 Å². The number of alkyl halides is 7. The van der Waals surface area contributed by atoms with E-state index in [-0.39, 0.29) is 12.3 Å². The first kappa shape index (κ1) is 20.4. The predicted octanol–water partition coefficient (Wildman–Crippen LogP) is 4.59. The monoisotopic (exact) mass is 416 g/mol. The Morgan fingerprint density at radius 2 is 1.21 bits per heavy atom. The average Bonchev–Trinajstić information content (AvgIpc) is 2.54. The van der Waals surface area contributed by atoms with Crippen LogP contribution in [0.15, 0.2) is 36.7 Å². The topological polar surface area (TPSA) is 46.0 Å². The predicted molar refractivity (Wildman–Crippen MR) is 77.0 cm³/mol. The number of aromatic nitrogens is 2. The number of rotatable bonds is 2. The molecule has 2 rings (SSSR count). The standard InChI is InChI=1S/C7H5BrF3N.C7H6F3NO/c8-3-6-2-1-5(4-12-6)7(9,10)11;8-7(9,10)5-1-2-6(4-12)11-3-5/h1-2,4H,3H2;1-3,12H,4H2. The first-order valence-electron chi connectivity index (χ1n) is 6.29. The average molecular weight is 417 g/mol. The molecule has 0 saturated heterocycles. The fourth-order valence-corrected chi connectivity index (χ4v) is 1.69. The van der Waals surface area contributed by atoms with Crippen LogP contribution in [0, 0.1) is 0 Å². The van der Waals surface area contributed by atoms with E-state index in [0.29, 0.717) is 17.2 Å². The van der Waals surface area contributed by atoms with Crippen LogP contribution >= 0.6 is 15.9 Å². The van der Waals surface area contributed by atoms with Gasteiger partial charge in [-0.25, -0.2) is 0 Å². The van der Waals surface area contributed by atoms with Gasteiger partial charge >= 0.3 is 12.4 Å². The van der Waals surface area contributed by atoms with Gasteiger partial charge in [0.25, 0.3) is 0 Å². The van der Waals surface area contributed by atoms with Crippen molar-refractivity contribution in [1.82, 2.24) is 9.97 Å². The third-order valence-electron chi connectivity index (χ3n) is 2.60. The Bertz CT molecular complexity index is 568. The highest BCUT2D eigenvalue weighted by atomic mass is 79.9. The molecule has 0 radical (unpaired) electrons. The summed E-state index contributed by atoms with van der Waals surface area (Å²) in [5.74, 6) is 0. The van der Waals surface area contributed by atoms with Crippen LogP contribution < -0.4 is 0 Å². The molecule has 0 aromatic carbocycles. The fraction of sp³-hybridized carbons (Fsp3) is 0.286. The molecule has 0 bridgehead atoms. The van der Waals surface area contributed by atoms with Crippen molar-refractivity contribution in [1.29, 1.82) is 0 Å². The summed E-state index contributed by atoms with van der Waals surface area (Å²) in [4.78, 5) is 6.99. The molecule has 3 nitrogen and oxygen atoms in total. The number of pyridine rings is 2. The largest absolute Gasteiger partial charge is 0.417 e. The lowest BCUT2D eigenvalue weighted by atomic mass is 10.2. The van der Waals surface area contributed by atoms with Crippen LogP contribution in [-0.4, -0.2) is 15.1 Å². The Balaban J connectivity index is 0.000000240. The summed E-state index contributed by atoms with van der Waals surface area (Å²) in [6.07, 6.45) is -7.12. The van der Waals surface area contributed by atoms with Crippen molar-refractivity contribution >= 4 is 15.9 Å². The van der Waals surface area contributed by atoms with Crippen molar-refractivity contribution in [2.24, 2.45) is 0 Å². The van der Waals surface area contributed by atoms with Crippen molar-refractivity contribution in [3.05, 3.63) is 59.2 Å². The van der Waals surface area contributed by atoms with Gasteiger partial charge in [0.1, 0.15) is 0 Å². The minimum Gasteiger partial charge on any atom is -0.390 e. The summed E-state index contributed by atoms with van der Waals surface area (Å²) in [6, 6.07) is 4.39. The zero-order valence-electron chi connectivity index (χ0n) is 11.9. The molecule has 2 aromatic rings. The molecule has 0 unspecified atom stereocenters. The van der Waals surface area contributed by atoms with Gasteiger partial charge in [-0.2, -0.15) is 26.3 Å². The molecular weight excluding hydrogens is 406 g/mol. The van der Waals surface area contributed by atoms with Gasteiger partial charge in [0.05, 0.1) is 29.1 Å². The Morgan fingerprint density at radius 3 is 1.46 bits per heavy atom. The fourth-order valence-electron chi connectivity index (χ4n) is 1.36. The first-order chi connectivity index (χ1) is 11.1. The van der Waals surface area contributed by atoms with Crippen LogP contribution in [0.25, 0.3) is 0 Å². The number of hydrogen-bond acceptors (Lipinski definition) is 3. The summed E-state index contributed by atoms with van der Waals surface area (Å²) in [7, 11) is 0. The molecule has 0 fully saturated rings. The molecule has 0 aliphatic heterocycles. The minimum atomic E-state index is -4.36. The van der Waals surface area contributed by atoms with E-state index in [1.807, 2.05) is 0 Å². The first-order valence-corrected chi connectivity index (χ1v) is 7.41. The number of halogens is 7. The second-order valence-corrected chi connectivity index (χ2v) is 4.92. The van der Waals surface area contributed by atoms with Crippen LogP contribution in [0.5, 0.6) is 0 Å². The van der Waals surface area contributed by atoms with E-state index < -0.39 is 23.5 Å². The molecule has 0 aliphatic carbocycles. The van der Waals surface area contributed by atoms with Crippen LogP contribution in [0.4, 0.5) is 26.3 Å². The van der Waals surface area contributed by atoms with E-state index in [9.17, 15) is 26.3 Å². The van der Waals surface area contributed by atoms with E-state index in [1.54, 1.807) is 0 Å². The van der Waals surface area contributed by atoms with E-state index >= 15 is 0 Å². The van der Waals surface area contributed by atoms with Gasteiger partial charge in [0, 0.05) is 17.7 Å². The Kier molecular flexibility index (Phi) is 7.15. The summed E-state index contributed by atoms with van der Waals surface area (Å²) in [5, 5.41) is 8.95. The highest BCUT2D eigenvalue weighted by molar-refractivity contribution is 9.08. The maximum Gasteiger partial charge on any atom is 0.417 e. The molecule has 2 aromatic heterocycles. The van der Waals surface area contributed by atoms with Crippen molar-refractivity contribution in [3.8, 4) is 0 Å². The summed E-state index contributed by atoms with van der Waals surface area (Å²) in [5.41, 5.74) is -0.710. The molecule has 0 saturated carbocycles. The molecule has 0 amide bonds. The lowest BCUT2D eigenvalue weighted by Crippen LogP contribution is -2.05. The van der Waals surface area contributed by atoms with Crippen molar-refractivity contribution in [3.63, 3.8) is 0 Å². The highest BCUT2D eigenvalue weighted by Gasteiger charge is 2.31. The molecule has 24 heavy (non-hydrogen) atoms. The van der Waals surface area contributed by atoms with Gasteiger partial charge in [-0.15, -0.1) is 0 Å². The highest BCUT2D eigenvalue weighted by Crippen LogP contribution is 2.29. The quantitative estimate of drug-likeness (QED) is 0.575. The molecule has 0 aliphatic rings. The second kappa shape index (κ2) is 8.43. The third kappa shape index (κ3) is 6.44. The van der Waals surface area contributed by atoms with Crippen molar-refractivity contribution in [2.75, 3.05) is 0 Å². The van der Waals surface area contributed by atoms with Crippen molar-refractivity contribution in [2.45, 2.75) is 24.3 Å². The number of hydrogen-bond donors (Lipinski definition) is 1. The minimum absolute atomic E-state index is 0.225. The van der Waals surface area contributed by atoms with Gasteiger partial charge < -0.3 is 5.11 Å². The van der Waals surface area contributed by atoms with E-state index in [0.717, 1.165) is 24.4 Å². The number of aliphatic hydroxyl groups is 1. The van der Waals surface area contributed by atoms with Gasteiger partial charge in [0.15, 0.2) is 0 Å². The van der Waals surface area contributed by atoms with Gasteiger partial charge in [-0.3, -0.25) is 9.97 Å². The zero-order chi connectivity index (χ0) is 18.4. The second-order valence-electron chi connectivity index (χ2n) is 4.36. The van der Waals surface area contributed by atoms with Crippen LogP contribution in [-0.2, 0) is 24.3 Å². The normalized spacial score (nSPS) is 11.7. The summed E-state index contributed by atoms with van der Waals surface area (Å²) in [6.45, 7) is -0.349. The molecular formula is C14H11BrF6N2O. The molecule has 132 valence electrons. The Hall–Kier alpha value is -1.68. The molecule has 0 atom stereocenters. The zero-order valence-corrected chi connectivity index (χ0v) is 13.5. The SMILES string of the molecule is FC(F)(F)c1ccc(CBr)nc1.OCc1ccc(C(F)(F)F)cn1. The summed E-state index contributed by atoms with van der Waals surface area (Å²) < 4.78 is 71.7. The maximum absolute atomic E-state index is 12.0. The molecule has 2 heterocycles. The van der Waals surface area contributed by atoms with Gasteiger partial charge in [-0.05, 0) is 24.3 Å². The van der Waals surface area contributed by atoms with Crippen LogP contribution in [0.2, 0.25) is 0 Å². The van der Waals surface area contributed by atoms with Crippen LogP contribution in [0.1, 0.15) is 22.5 Å². The lowest BCUT2D eigenvalue weighted by Gasteiger charge is -2.05. The van der Waals surface area contributed by atoms with E-state index in [4.69, 9.17) is 5.11 Å². The number of aliphatic hydroxyl groups excluding tert-OH is 1. The lowest BCUT2D eigenvalue weighted by molar-refractivity contribution is -0.138. The third-order valence-corrected chi connectivity index (χ3v) is 3.18. The summed E-state index contributed by atoms with van der Waals surface area (Å²) >= 11 is 3.09. The smallest absolute Gasteiger partial charge is 0.390 e. The maximum atomic E-state index is 12.0. The van der Waals surface area contributed by atoms with E-state index in [1.165, 1.54) is 6.07 Å². The van der Waals surface area contributed by atoms with Gasteiger partial charge in [0.2, 0.25) is 0 Å². The Labute approximate surface area is 141 Å². The van der Waals surface area contributed by atoms with E-state index in [2.05, 4.69) is 25.9 Å². The molecule has 0 spiro atoms.